The van der Waals surface area contributed by atoms with E-state index in [1.165, 1.54) is 4.90 Å². The lowest BCUT2D eigenvalue weighted by Crippen LogP contribution is -2.28. The van der Waals surface area contributed by atoms with Gasteiger partial charge in [0.2, 0.25) is 5.95 Å². The van der Waals surface area contributed by atoms with Crippen LogP contribution in [0.2, 0.25) is 0 Å². The van der Waals surface area contributed by atoms with E-state index in [4.69, 9.17) is 9.47 Å². The number of aromatic nitrogens is 3. The summed E-state index contributed by atoms with van der Waals surface area (Å²) in [6.07, 6.45) is 0. The molecule has 8 nitrogen and oxygen atoms in total. The van der Waals surface area contributed by atoms with E-state index >= 15 is 0 Å². The highest BCUT2D eigenvalue weighted by Crippen LogP contribution is 2.13. The number of carbonyl (C=O) groups excluding carboxylic acids is 1. The predicted molar refractivity (Wildman–Crippen MR) is 64.9 cm³/mol. The monoisotopic (exact) mass is 255 g/mol. The van der Waals surface area contributed by atoms with Gasteiger partial charge in [0.1, 0.15) is 0 Å². The topological polar surface area (TPSA) is 89.5 Å². The van der Waals surface area contributed by atoms with Crippen LogP contribution in [-0.2, 0) is 0 Å². The standard InChI is InChI=1S/C10H17N5O3/c1-5-17-8-11-7(13-10(16)15(3)4)12-9(14-8)18-6-2/h5-6H2,1-4H3,(H,11,12,13,14,16). The van der Waals surface area contributed by atoms with Crippen molar-refractivity contribution in [2.45, 2.75) is 13.8 Å². The fourth-order valence-corrected chi connectivity index (χ4v) is 0.989. The molecule has 0 unspecified atom stereocenters. The number of nitrogens with zero attached hydrogens (tertiary/aromatic N) is 4. The minimum Gasteiger partial charge on any atom is -0.464 e. The third-order valence-electron chi connectivity index (χ3n) is 1.77. The molecule has 1 rings (SSSR count). The van der Waals surface area contributed by atoms with Gasteiger partial charge < -0.3 is 14.4 Å². The molecule has 0 aromatic carbocycles. The number of nitrogens with one attached hydrogen (secondary N) is 1. The van der Waals surface area contributed by atoms with E-state index in [9.17, 15) is 4.79 Å². The van der Waals surface area contributed by atoms with Gasteiger partial charge in [-0.1, -0.05) is 0 Å². The van der Waals surface area contributed by atoms with Crippen molar-refractivity contribution in [2.24, 2.45) is 0 Å². The molecule has 0 bridgehead atoms. The smallest absolute Gasteiger partial charge is 0.324 e. The number of hydrogen-bond donors (Lipinski definition) is 1. The molecule has 0 aliphatic carbocycles. The third kappa shape index (κ3) is 4.04. The van der Waals surface area contributed by atoms with Gasteiger partial charge in [0, 0.05) is 14.1 Å². The Labute approximate surface area is 105 Å². The minimum absolute atomic E-state index is 0.0931. The number of amides is 2. The Balaban J connectivity index is 2.91. The predicted octanol–water partition coefficient (Wildman–Crippen LogP) is 0.762. The molecular formula is C10H17N5O3. The summed E-state index contributed by atoms with van der Waals surface area (Å²) in [5.74, 6) is 0.0931. The normalized spacial score (nSPS) is 9.78. The highest BCUT2D eigenvalue weighted by molar-refractivity contribution is 5.86. The van der Waals surface area contributed by atoms with Crippen LogP contribution in [0.25, 0.3) is 0 Å². The quantitative estimate of drug-likeness (QED) is 0.835. The second kappa shape index (κ2) is 6.58. The van der Waals surface area contributed by atoms with E-state index < -0.39 is 0 Å². The van der Waals surface area contributed by atoms with Crippen molar-refractivity contribution in [1.29, 1.82) is 0 Å². The van der Waals surface area contributed by atoms with Crippen LogP contribution in [0, 0.1) is 0 Å². The van der Waals surface area contributed by atoms with Crippen molar-refractivity contribution in [3.8, 4) is 12.0 Å². The summed E-state index contributed by atoms with van der Waals surface area (Å²) in [7, 11) is 3.23. The van der Waals surface area contributed by atoms with Gasteiger partial charge in [0.15, 0.2) is 0 Å². The highest BCUT2D eigenvalue weighted by atomic mass is 16.5. The Morgan fingerprint density at radius 1 is 1.11 bits per heavy atom. The molecule has 0 aliphatic rings. The van der Waals surface area contributed by atoms with E-state index in [0.717, 1.165) is 0 Å². The van der Waals surface area contributed by atoms with Crippen LogP contribution in [0.4, 0.5) is 10.7 Å². The number of carbonyl (C=O) groups is 1. The molecule has 2 amide bonds. The van der Waals surface area contributed by atoms with Crippen molar-refractivity contribution in [3.05, 3.63) is 0 Å². The molecule has 1 aromatic rings. The molecule has 0 spiro atoms. The first-order valence-electron chi connectivity index (χ1n) is 5.56. The number of ether oxygens (including phenoxy) is 2. The Bertz CT molecular complexity index is 386. The van der Waals surface area contributed by atoms with Gasteiger partial charge in [-0.05, 0) is 13.8 Å². The Hall–Kier alpha value is -2.12. The Kier molecular flexibility index (Phi) is 5.09. The van der Waals surface area contributed by atoms with Crippen molar-refractivity contribution >= 4 is 12.0 Å². The van der Waals surface area contributed by atoms with Crippen LogP contribution < -0.4 is 14.8 Å². The van der Waals surface area contributed by atoms with Gasteiger partial charge in [-0.2, -0.15) is 9.97 Å². The van der Waals surface area contributed by atoms with Gasteiger partial charge in [-0.15, -0.1) is 4.98 Å². The maximum Gasteiger partial charge on any atom is 0.324 e. The van der Waals surface area contributed by atoms with Gasteiger partial charge in [-0.3, -0.25) is 5.32 Å². The molecule has 18 heavy (non-hydrogen) atoms. The van der Waals surface area contributed by atoms with Gasteiger partial charge >= 0.3 is 18.1 Å². The first-order chi connectivity index (χ1) is 8.56. The summed E-state index contributed by atoms with van der Waals surface area (Å²) in [5, 5.41) is 2.50. The fourth-order valence-electron chi connectivity index (χ4n) is 0.989. The van der Waals surface area contributed by atoms with Crippen molar-refractivity contribution in [3.63, 3.8) is 0 Å². The lowest BCUT2D eigenvalue weighted by atomic mass is 10.7. The molecule has 100 valence electrons. The second-order valence-corrected chi connectivity index (χ2v) is 3.41. The molecule has 1 N–H and O–H groups in total. The zero-order chi connectivity index (χ0) is 13.5. The molecule has 0 radical (unpaired) electrons. The van der Waals surface area contributed by atoms with E-state index in [2.05, 4.69) is 20.3 Å². The fraction of sp³-hybridized carbons (Fsp3) is 0.600. The van der Waals surface area contributed by atoms with Crippen molar-refractivity contribution in [1.82, 2.24) is 19.9 Å². The Morgan fingerprint density at radius 2 is 1.61 bits per heavy atom. The van der Waals surface area contributed by atoms with Crippen LogP contribution in [0.3, 0.4) is 0 Å². The molecule has 0 saturated carbocycles. The number of hydrogen-bond acceptors (Lipinski definition) is 6. The van der Waals surface area contributed by atoms with Gasteiger partial charge in [-0.25, -0.2) is 4.79 Å². The van der Waals surface area contributed by atoms with E-state index in [-0.39, 0.29) is 24.0 Å². The van der Waals surface area contributed by atoms with Crippen molar-refractivity contribution in [2.75, 3.05) is 32.6 Å². The van der Waals surface area contributed by atoms with Crippen LogP contribution >= 0.6 is 0 Å². The largest absolute Gasteiger partial charge is 0.464 e. The number of anilines is 1. The zero-order valence-corrected chi connectivity index (χ0v) is 10.9. The molecule has 0 aliphatic heterocycles. The average molecular weight is 255 g/mol. The summed E-state index contributed by atoms with van der Waals surface area (Å²) in [6, 6.07) is -0.110. The maximum atomic E-state index is 11.5. The van der Waals surface area contributed by atoms with Gasteiger partial charge in [0.05, 0.1) is 13.2 Å². The maximum absolute atomic E-state index is 11.5. The minimum atomic E-state index is -0.342. The Morgan fingerprint density at radius 3 is 2.00 bits per heavy atom. The average Bonchev–Trinajstić information content (AvgIpc) is 2.29. The molecule has 0 saturated heterocycles. The molecule has 0 atom stereocenters. The van der Waals surface area contributed by atoms with E-state index in [1.54, 1.807) is 14.1 Å². The third-order valence-corrected chi connectivity index (χ3v) is 1.77. The summed E-state index contributed by atoms with van der Waals surface area (Å²) < 4.78 is 10.3. The van der Waals surface area contributed by atoms with E-state index in [0.29, 0.717) is 13.2 Å². The number of rotatable bonds is 5. The molecular weight excluding hydrogens is 238 g/mol. The van der Waals surface area contributed by atoms with Crippen LogP contribution in [0.15, 0.2) is 0 Å². The van der Waals surface area contributed by atoms with E-state index in [1.807, 2.05) is 13.8 Å². The van der Waals surface area contributed by atoms with Crippen LogP contribution in [0.5, 0.6) is 12.0 Å². The summed E-state index contributed by atoms with van der Waals surface area (Å²) in [5.41, 5.74) is 0. The SMILES string of the molecule is CCOc1nc(NC(=O)N(C)C)nc(OCC)n1. The first-order valence-corrected chi connectivity index (χ1v) is 5.56. The van der Waals surface area contributed by atoms with Crippen LogP contribution in [0.1, 0.15) is 13.8 Å². The second-order valence-electron chi connectivity index (χ2n) is 3.41. The first kappa shape index (κ1) is 13.9. The molecule has 8 heteroatoms. The number of urea groups is 1. The van der Waals surface area contributed by atoms with Gasteiger partial charge in [0.25, 0.3) is 0 Å². The summed E-state index contributed by atoms with van der Waals surface area (Å²) in [6.45, 7) is 4.44. The molecule has 0 fully saturated rings. The lowest BCUT2D eigenvalue weighted by molar-refractivity contribution is 0.230. The lowest BCUT2D eigenvalue weighted by Gasteiger charge is -2.12. The zero-order valence-electron chi connectivity index (χ0n) is 10.9. The molecule has 1 heterocycles. The van der Waals surface area contributed by atoms with Crippen molar-refractivity contribution < 1.29 is 14.3 Å². The van der Waals surface area contributed by atoms with Crippen LogP contribution in [-0.4, -0.2) is 53.2 Å². The highest BCUT2D eigenvalue weighted by Gasteiger charge is 2.11. The summed E-state index contributed by atoms with van der Waals surface area (Å²) >= 11 is 0. The molecule has 1 aromatic heterocycles. The summed E-state index contributed by atoms with van der Waals surface area (Å²) in [4.78, 5) is 24.7.